The standard InChI is InChI=1S/C21H23ClN4/c22-17-11-8-16(9-12-17)10-13-20-25-19-7-3-2-6-18(19)21(26-20)24-15-5-1-4-14-23/h2-3,6-13H,1,4-5,14-15,23H2,(H,24,25,26)/b13-10+. The van der Waals surface area contributed by atoms with Crippen molar-refractivity contribution >= 4 is 40.5 Å². The van der Waals surface area contributed by atoms with Gasteiger partial charge < -0.3 is 11.1 Å². The second kappa shape index (κ2) is 9.32. The molecule has 1 aromatic heterocycles. The minimum absolute atomic E-state index is 0.683. The number of anilines is 1. The highest BCUT2D eigenvalue weighted by atomic mass is 35.5. The van der Waals surface area contributed by atoms with Crippen LogP contribution >= 0.6 is 11.6 Å². The Labute approximate surface area is 159 Å². The summed E-state index contributed by atoms with van der Waals surface area (Å²) in [4.78, 5) is 9.34. The fraction of sp³-hybridized carbons (Fsp3) is 0.238. The molecule has 0 bridgehead atoms. The third kappa shape index (κ3) is 5.04. The molecule has 5 heteroatoms. The van der Waals surface area contributed by atoms with Crippen molar-refractivity contribution in [3.63, 3.8) is 0 Å². The van der Waals surface area contributed by atoms with E-state index in [-0.39, 0.29) is 0 Å². The fourth-order valence-electron chi connectivity index (χ4n) is 2.70. The van der Waals surface area contributed by atoms with Gasteiger partial charge in [0.1, 0.15) is 5.82 Å². The van der Waals surface area contributed by atoms with Crippen molar-refractivity contribution in [3.8, 4) is 0 Å². The number of rotatable bonds is 8. The number of para-hydroxylation sites is 1. The number of hydrogen-bond donors (Lipinski definition) is 2. The zero-order valence-corrected chi connectivity index (χ0v) is 15.4. The van der Waals surface area contributed by atoms with Gasteiger partial charge in [0.05, 0.1) is 5.52 Å². The van der Waals surface area contributed by atoms with Gasteiger partial charge in [-0.05, 0) is 55.3 Å². The first-order valence-electron chi connectivity index (χ1n) is 8.90. The molecule has 0 saturated heterocycles. The molecule has 0 aliphatic heterocycles. The van der Waals surface area contributed by atoms with Crippen LogP contribution in [0.5, 0.6) is 0 Å². The maximum absolute atomic E-state index is 5.93. The summed E-state index contributed by atoms with van der Waals surface area (Å²) in [6, 6.07) is 15.7. The molecular weight excluding hydrogens is 344 g/mol. The van der Waals surface area contributed by atoms with Crippen molar-refractivity contribution < 1.29 is 0 Å². The van der Waals surface area contributed by atoms with Crippen LogP contribution in [0, 0.1) is 0 Å². The second-order valence-corrected chi connectivity index (χ2v) is 6.54. The van der Waals surface area contributed by atoms with Crippen molar-refractivity contribution in [2.24, 2.45) is 5.73 Å². The Hall–Kier alpha value is -2.43. The summed E-state index contributed by atoms with van der Waals surface area (Å²) in [5.74, 6) is 1.56. The molecule has 0 atom stereocenters. The molecule has 0 fully saturated rings. The molecule has 0 spiro atoms. The molecule has 0 aliphatic rings. The zero-order valence-electron chi connectivity index (χ0n) is 14.7. The van der Waals surface area contributed by atoms with E-state index in [4.69, 9.17) is 22.3 Å². The van der Waals surface area contributed by atoms with Crippen LogP contribution < -0.4 is 11.1 Å². The van der Waals surface area contributed by atoms with E-state index in [0.717, 1.165) is 59.7 Å². The van der Waals surface area contributed by atoms with E-state index in [1.165, 1.54) is 0 Å². The van der Waals surface area contributed by atoms with Crippen LogP contribution in [0.4, 0.5) is 5.82 Å². The fourth-order valence-corrected chi connectivity index (χ4v) is 2.83. The Morgan fingerprint density at radius 3 is 2.54 bits per heavy atom. The molecule has 134 valence electrons. The smallest absolute Gasteiger partial charge is 0.154 e. The molecule has 3 N–H and O–H groups in total. The first-order chi connectivity index (χ1) is 12.8. The van der Waals surface area contributed by atoms with Crippen molar-refractivity contribution in [2.75, 3.05) is 18.4 Å². The van der Waals surface area contributed by atoms with Crippen LogP contribution in [-0.4, -0.2) is 23.1 Å². The average Bonchev–Trinajstić information content (AvgIpc) is 2.67. The number of halogens is 1. The lowest BCUT2D eigenvalue weighted by molar-refractivity contribution is 0.706. The lowest BCUT2D eigenvalue weighted by Gasteiger charge is -2.09. The zero-order chi connectivity index (χ0) is 18.2. The van der Waals surface area contributed by atoms with Gasteiger partial charge in [-0.15, -0.1) is 0 Å². The van der Waals surface area contributed by atoms with Crippen LogP contribution in [0.3, 0.4) is 0 Å². The van der Waals surface area contributed by atoms with Gasteiger partial charge in [0.15, 0.2) is 5.82 Å². The summed E-state index contributed by atoms with van der Waals surface area (Å²) >= 11 is 5.93. The molecule has 2 aromatic carbocycles. The van der Waals surface area contributed by atoms with Gasteiger partial charge in [-0.1, -0.05) is 48.4 Å². The quantitative estimate of drug-likeness (QED) is 0.551. The second-order valence-electron chi connectivity index (χ2n) is 6.11. The van der Waals surface area contributed by atoms with E-state index < -0.39 is 0 Å². The molecule has 26 heavy (non-hydrogen) atoms. The summed E-state index contributed by atoms with van der Waals surface area (Å²) in [5, 5.41) is 5.21. The van der Waals surface area contributed by atoms with Crippen LogP contribution in [0.1, 0.15) is 30.7 Å². The number of nitrogens with two attached hydrogens (primary N) is 1. The summed E-state index contributed by atoms with van der Waals surface area (Å²) in [6.45, 7) is 1.62. The highest BCUT2D eigenvalue weighted by Gasteiger charge is 2.05. The topological polar surface area (TPSA) is 63.8 Å². The number of benzene rings is 2. The van der Waals surface area contributed by atoms with E-state index >= 15 is 0 Å². The molecule has 4 nitrogen and oxygen atoms in total. The molecule has 1 heterocycles. The Kier molecular flexibility index (Phi) is 6.58. The van der Waals surface area contributed by atoms with E-state index in [1.54, 1.807) is 0 Å². The largest absolute Gasteiger partial charge is 0.369 e. The Morgan fingerprint density at radius 1 is 0.923 bits per heavy atom. The van der Waals surface area contributed by atoms with Gasteiger partial charge in [-0.3, -0.25) is 0 Å². The van der Waals surface area contributed by atoms with Gasteiger partial charge in [0.25, 0.3) is 0 Å². The van der Waals surface area contributed by atoms with Crippen molar-refractivity contribution in [1.82, 2.24) is 9.97 Å². The van der Waals surface area contributed by atoms with E-state index in [2.05, 4.69) is 10.3 Å². The lowest BCUT2D eigenvalue weighted by Crippen LogP contribution is -2.07. The van der Waals surface area contributed by atoms with E-state index in [1.807, 2.05) is 60.7 Å². The van der Waals surface area contributed by atoms with E-state index in [0.29, 0.717) is 5.82 Å². The van der Waals surface area contributed by atoms with Gasteiger partial charge in [-0.2, -0.15) is 0 Å². The van der Waals surface area contributed by atoms with Gasteiger partial charge >= 0.3 is 0 Å². The van der Waals surface area contributed by atoms with Crippen LogP contribution in [0.15, 0.2) is 48.5 Å². The van der Waals surface area contributed by atoms with Crippen LogP contribution in [0.2, 0.25) is 5.02 Å². The Morgan fingerprint density at radius 2 is 1.73 bits per heavy atom. The highest BCUT2D eigenvalue weighted by Crippen LogP contribution is 2.21. The normalized spacial score (nSPS) is 11.3. The summed E-state index contributed by atoms with van der Waals surface area (Å²) in [5.41, 5.74) is 7.54. The molecule has 3 aromatic rings. The van der Waals surface area contributed by atoms with Gasteiger partial charge in [-0.25, -0.2) is 9.97 Å². The number of unbranched alkanes of at least 4 members (excludes halogenated alkanes) is 2. The third-order valence-electron chi connectivity index (χ3n) is 4.09. The number of aromatic nitrogens is 2. The molecule has 3 rings (SSSR count). The summed E-state index contributed by atoms with van der Waals surface area (Å²) < 4.78 is 0. The molecule has 0 saturated carbocycles. The lowest BCUT2D eigenvalue weighted by atomic mass is 10.2. The first kappa shape index (κ1) is 18.4. The monoisotopic (exact) mass is 366 g/mol. The summed E-state index contributed by atoms with van der Waals surface area (Å²) in [6.07, 6.45) is 7.17. The maximum atomic E-state index is 5.93. The van der Waals surface area contributed by atoms with Gasteiger partial charge in [0.2, 0.25) is 0 Å². The third-order valence-corrected chi connectivity index (χ3v) is 4.34. The van der Waals surface area contributed by atoms with E-state index in [9.17, 15) is 0 Å². The molecule has 0 amide bonds. The molecular formula is C21H23ClN4. The molecule has 0 aliphatic carbocycles. The predicted octanol–water partition coefficient (Wildman–Crippen LogP) is 4.99. The Bertz CT molecular complexity index is 875. The maximum Gasteiger partial charge on any atom is 0.154 e. The number of nitrogens with zero attached hydrogens (tertiary/aromatic N) is 2. The highest BCUT2D eigenvalue weighted by molar-refractivity contribution is 6.30. The average molecular weight is 367 g/mol. The number of fused-ring (bicyclic) bond motifs is 1. The number of hydrogen-bond acceptors (Lipinski definition) is 4. The van der Waals surface area contributed by atoms with Crippen LogP contribution in [0.25, 0.3) is 23.1 Å². The van der Waals surface area contributed by atoms with Crippen LogP contribution in [-0.2, 0) is 0 Å². The van der Waals surface area contributed by atoms with Crippen molar-refractivity contribution in [2.45, 2.75) is 19.3 Å². The first-order valence-corrected chi connectivity index (χ1v) is 9.28. The van der Waals surface area contributed by atoms with Crippen molar-refractivity contribution in [3.05, 3.63) is 64.9 Å². The summed E-state index contributed by atoms with van der Waals surface area (Å²) in [7, 11) is 0. The predicted molar refractivity (Wildman–Crippen MR) is 111 cm³/mol. The Balaban J connectivity index is 1.80. The molecule has 0 radical (unpaired) electrons. The minimum atomic E-state index is 0.683. The molecule has 0 unspecified atom stereocenters. The van der Waals surface area contributed by atoms with Gasteiger partial charge in [0, 0.05) is 17.0 Å². The minimum Gasteiger partial charge on any atom is -0.369 e. The SMILES string of the molecule is NCCCCCNc1nc(/C=C/c2ccc(Cl)cc2)nc2ccccc12. The number of nitrogens with one attached hydrogen (secondary N) is 1. The van der Waals surface area contributed by atoms with Crippen molar-refractivity contribution in [1.29, 1.82) is 0 Å².